The van der Waals surface area contributed by atoms with Crippen molar-refractivity contribution in [2.45, 2.75) is 83.6 Å². The lowest BCUT2D eigenvalue weighted by Crippen LogP contribution is -2.51. The van der Waals surface area contributed by atoms with Gasteiger partial charge in [-0.3, -0.25) is 0 Å². The summed E-state index contributed by atoms with van der Waals surface area (Å²) in [4.78, 5) is 2.62. The molecule has 1 aliphatic heterocycles. The van der Waals surface area contributed by atoms with Gasteiger partial charge in [0.15, 0.2) is 0 Å². The largest absolute Gasteiger partial charge is 0.368 e. The Labute approximate surface area is 131 Å². The smallest absolute Gasteiger partial charge is 0.0790 e. The molecule has 1 saturated carbocycles. The van der Waals surface area contributed by atoms with Crippen LogP contribution in [0.25, 0.3) is 0 Å². The molecule has 0 aromatic heterocycles. The summed E-state index contributed by atoms with van der Waals surface area (Å²) < 4.78 is 6.38. The third-order valence-corrected chi connectivity index (χ3v) is 6.00. The zero-order valence-electron chi connectivity index (χ0n) is 15.2. The summed E-state index contributed by atoms with van der Waals surface area (Å²) in [6, 6.07) is 1.16. The summed E-state index contributed by atoms with van der Waals surface area (Å²) >= 11 is 0. The average molecular weight is 296 g/mol. The molecule has 2 rings (SSSR count). The van der Waals surface area contributed by atoms with Crippen LogP contribution in [-0.4, -0.2) is 48.8 Å². The Kier molecular flexibility index (Phi) is 5.07. The highest BCUT2D eigenvalue weighted by Gasteiger charge is 2.53. The molecule has 0 radical (unpaired) electrons. The molecule has 1 N–H and O–H groups in total. The second-order valence-corrected chi connectivity index (χ2v) is 8.45. The van der Waals surface area contributed by atoms with Crippen molar-refractivity contribution in [2.75, 3.05) is 20.6 Å². The highest BCUT2D eigenvalue weighted by molar-refractivity contribution is 5.06. The summed E-state index contributed by atoms with van der Waals surface area (Å²) in [7, 11) is 4.40. The van der Waals surface area contributed by atoms with Gasteiger partial charge in [-0.05, 0) is 60.5 Å². The van der Waals surface area contributed by atoms with Crippen molar-refractivity contribution < 1.29 is 4.74 Å². The number of hydrogen-bond donors (Lipinski definition) is 1. The normalized spacial score (nSPS) is 38.9. The first-order valence-electron chi connectivity index (χ1n) is 8.76. The van der Waals surface area contributed by atoms with E-state index in [9.17, 15) is 0 Å². The summed E-state index contributed by atoms with van der Waals surface area (Å²) in [6.45, 7) is 12.5. The average Bonchev–Trinajstić information content (AvgIpc) is 2.54. The lowest BCUT2D eigenvalue weighted by molar-refractivity contribution is -0.0802. The van der Waals surface area contributed by atoms with Crippen LogP contribution in [0.2, 0.25) is 0 Å². The maximum Gasteiger partial charge on any atom is 0.0790 e. The highest BCUT2D eigenvalue weighted by Crippen LogP contribution is 2.43. The quantitative estimate of drug-likeness (QED) is 0.861. The van der Waals surface area contributed by atoms with E-state index in [2.05, 4.69) is 58.9 Å². The fraction of sp³-hybridized carbons (Fsp3) is 1.00. The molecule has 4 atom stereocenters. The molecular weight excluding hydrogens is 260 g/mol. The van der Waals surface area contributed by atoms with Gasteiger partial charge in [-0.15, -0.1) is 0 Å². The van der Waals surface area contributed by atoms with Gasteiger partial charge >= 0.3 is 0 Å². The van der Waals surface area contributed by atoms with Gasteiger partial charge in [-0.2, -0.15) is 0 Å². The fourth-order valence-electron chi connectivity index (χ4n) is 4.97. The Morgan fingerprint density at radius 2 is 1.71 bits per heavy atom. The molecule has 3 heteroatoms. The number of hydrogen-bond acceptors (Lipinski definition) is 3. The molecular formula is C18H36N2O. The van der Waals surface area contributed by atoms with Gasteiger partial charge in [0.05, 0.1) is 11.2 Å². The van der Waals surface area contributed by atoms with Gasteiger partial charge in [0.1, 0.15) is 0 Å². The molecule has 2 aliphatic rings. The van der Waals surface area contributed by atoms with Crippen LogP contribution in [0.15, 0.2) is 0 Å². The molecule has 1 saturated heterocycles. The highest BCUT2D eigenvalue weighted by atomic mass is 16.5. The second kappa shape index (κ2) is 6.17. The van der Waals surface area contributed by atoms with Gasteiger partial charge in [-0.25, -0.2) is 0 Å². The maximum atomic E-state index is 6.38. The predicted molar refractivity (Wildman–Crippen MR) is 89.6 cm³/mol. The standard InChI is InChI=1S/C18H36N2O/c1-13-10-8-9-11-15(13)20(7)12-14-16(19-6)18(4,5)21-17(14,2)3/h13-16,19H,8-12H2,1-7H3. The van der Waals surface area contributed by atoms with Crippen molar-refractivity contribution in [3.05, 3.63) is 0 Å². The van der Waals surface area contributed by atoms with Gasteiger partial charge in [0.2, 0.25) is 0 Å². The first kappa shape index (κ1) is 17.2. The Bertz CT molecular complexity index is 353. The molecule has 0 aromatic rings. The minimum atomic E-state index is -0.0953. The molecule has 4 unspecified atom stereocenters. The van der Waals surface area contributed by atoms with Gasteiger partial charge in [0.25, 0.3) is 0 Å². The lowest BCUT2D eigenvalue weighted by atomic mass is 9.80. The van der Waals surface area contributed by atoms with Crippen LogP contribution >= 0.6 is 0 Å². The van der Waals surface area contributed by atoms with Crippen molar-refractivity contribution in [1.82, 2.24) is 10.2 Å². The molecule has 21 heavy (non-hydrogen) atoms. The molecule has 0 bridgehead atoms. The third-order valence-electron chi connectivity index (χ3n) is 6.00. The summed E-state index contributed by atoms with van der Waals surface area (Å²) in [6.07, 6.45) is 5.56. The first-order valence-corrected chi connectivity index (χ1v) is 8.76. The van der Waals surface area contributed by atoms with Crippen LogP contribution < -0.4 is 5.32 Å². The molecule has 1 heterocycles. The minimum absolute atomic E-state index is 0.0661. The maximum absolute atomic E-state index is 6.38. The topological polar surface area (TPSA) is 24.5 Å². The van der Waals surface area contributed by atoms with Crippen LogP contribution in [0, 0.1) is 11.8 Å². The fourth-order valence-corrected chi connectivity index (χ4v) is 4.97. The molecule has 0 aromatic carbocycles. The summed E-state index contributed by atoms with van der Waals surface area (Å²) in [5, 5.41) is 3.53. The Hall–Kier alpha value is -0.120. The van der Waals surface area contributed by atoms with E-state index in [0.717, 1.165) is 18.5 Å². The monoisotopic (exact) mass is 296 g/mol. The van der Waals surface area contributed by atoms with Gasteiger partial charge in [0, 0.05) is 24.5 Å². The van der Waals surface area contributed by atoms with E-state index in [0.29, 0.717) is 12.0 Å². The summed E-state index contributed by atoms with van der Waals surface area (Å²) in [5.41, 5.74) is -0.161. The number of nitrogens with one attached hydrogen (secondary N) is 1. The van der Waals surface area contributed by atoms with Crippen LogP contribution in [0.1, 0.15) is 60.3 Å². The number of nitrogens with zero attached hydrogens (tertiary/aromatic N) is 1. The van der Waals surface area contributed by atoms with Crippen molar-refractivity contribution in [2.24, 2.45) is 11.8 Å². The van der Waals surface area contributed by atoms with E-state index in [-0.39, 0.29) is 11.2 Å². The van der Waals surface area contributed by atoms with E-state index in [1.807, 2.05) is 0 Å². The van der Waals surface area contributed by atoms with Crippen molar-refractivity contribution in [3.8, 4) is 0 Å². The molecule has 2 fully saturated rings. The zero-order chi connectivity index (χ0) is 15.8. The Morgan fingerprint density at radius 1 is 1.10 bits per heavy atom. The van der Waals surface area contributed by atoms with Crippen molar-refractivity contribution in [1.29, 1.82) is 0 Å². The zero-order valence-corrected chi connectivity index (χ0v) is 15.2. The predicted octanol–water partition coefficient (Wildman–Crippen LogP) is 3.29. The van der Waals surface area contributed by atoms with E-state index in [4.69, 9.17) is 4.74 Å². The molecule has 0 spiro atoms. The van der Waals surface area contributed by atoms with Crippen LogP contribution in [0.5, 0.6) is 0 Å². The van der Waals surface area contributed by atoms with E-state index < -0.39 is 0 Å². The second-order valence-electron chi connectivity index (χ2n) is 8.45. The van der Waals surface area contributed by atoms with Crippen molar-refractivity contribution >= 4 is 0 Å². The van der Waals surface area contributed by atoms with E-state index in [1.165, 1.54) is 25.7 Å². The van der Waals surface area contributed by atoms with Crippen LogP contribution in [0.3, 0.4) is 0 Å². The summed E-state index contributed by atoms with van der Waals surface area (Å²) in [5.74, 6) is 1.35. The number of rotatable bonds is 4. The van der Waals surface area contributed by atoms with Crippen LogP contribution in [0.4, 0.5) is 0 Å². The van der Waals surface area contributed by atoms with E-state index >= 15 is 0 Å². The van der Waals surface area contributed by atoms with Crippen LogP contribution in [-0.2, 0) is 4.74 Å². The lowest BCUT2D eigenvalue weighted by Gasteiger charge is -2.40. The van der Waals surface area contributed by atoms with Crippen molar-refractivity contribution in [3.63, 3.8) is 0 Å². The molecule has 124 valence electrons. The number of likely N-dealkylation sites (N-methyl/N-ethyl adjacent to an activating group) is 1. The molecule has 0 amide bonds. The SMILES string of the molecule is CNC1C(CN(C)C2CCCCC2C)C(C)(C)OC1(C)C. The minimum Gasteiger partial charge on any atom is -0.368 e. The first-order chi connectivity index (χ1) is 9.69. The van der Waals surface area contributed by atoms with Gasteiger partial charge < -0.3 is 15.0 Å². The Morgan fingerprint density at radius 3 is 2.29 bits per heavy atom. The Balaban J connectivity index is 2.09. The molecule has 3 nitrogen and oxygen atoms in total. The van der Waals surface area contributed by atoms with E-state index in [1.54, 1.807) is 0 Å². The molecule has 1 aliphatic carbocycles. The third kappa shape index (κ3) is 3.46. The number of ether oxygens (including phenoxy) is 1. The van der Waals surface area contributed by atoms with Gasteiger partial charge in [-0.1, -0.05) is 19.8 Å².